The van der Waals surface area contributed by atoms with Crippen molar-refractivity contribution in [3.8, 4) is 0 Å². The first-order chi connectivity index (χ1) is 8.10. The van der Waals surface area contributed by atoms with Gasteiger partial charge in [-0.15, -0.1) is 0 Å². The molecule has 0 amide bonds. The summed E-state index contributed by atoms with van der Waals surface area (Å²) in [5, 5.41) is 3.42. The van der Waals surface area contributed by atoms with Gasteiger partial charge in [0, 0.05) is 32.2 Å². The first-order valence-corrected chi connectivity index (χ1v) is 6.92. The molecule has 1 fully saturated rings. The van der Waals surface area contributed by atoms with E-state index >= 15 is 0 Å². The quantitative estimate of drug-likeness (QED) is 0.763. The lowest BCUT2D eigenvalue weighted by molar-refractivity contribution is -0.178. The van der Waals surface area contributed by atoms with Crippen LogP contribution in [0.3, 0.4) is 0 Å². The SMILES string of the molecule is C=C(CNC(C)C)CN1CC(C)(C)OC(C)(C)C1. The van der Waals surface area contributed by atoms with Crippen LogP contribution in [0.2, 0.25) is 0 Å². The van der Waals surface area contributed by atoms with Crippen LogP contribution < -0.4 is 5.32 Å². The first-order valence-electron chi connectivity index (χ1n) is 6.92. The fourth-order valence-electron chi connectivity index (χ4n) is 2.78. The van der Waals surface area contributed by atoms with Crippen LogP contribution in [0.5, 0.6) is 0 Å². The molecule has 0 spiro atoms. The van der Waals surface area contributed by atoms with Gasteiger partial charge in [-0.1, -0.05) is 20.4 Å². The molecule has 0 saturated carbocycles. The molecule has 1 aliphatic rings. The van der Waals surface area contributed by atoms with Crippen molar-refractivity contribution in [3.05, 3.63) is 12.2 Å². The van der Waals surface area contributed by atoms with Crippen LogP contribution >= 0.6 is 0 Å². The molecule has 1 rings (SSSR count). The van der Waals surface area contributed by atoms with Crippen molar-refractivity contribution in [2.45, 2.75) is 58.8 Å². The topological polar surface area (TPSA) is 24.5 Å². The highest BCUT2D eigenvalue weighted by molar-refractivity contribution is 5.02. The van der Waals surface area contributed by atoms with E-state index in [1.165, 1.54) is 5.57 Å². The van der Waals surface area contributed by atoms with Crippen LogP contribution in [0.25, 0.3) is 0 Å². The average Bonchev–Trinajstić information content (AvgIpc) is 2.09. The molecular weight excluding hydrogens is 224 g/mol. The Morgan fingerprint density at radius 1 is 1.22 bits per heavy atom. The summed E-state index contributed by atoms with van der Waals surface area (Å²) in [5.41, 5.74) is 1.10. The Labute approximate surface area is 113 Å². The number of morpholine rings is 1. The van der Waals surface area contributed by atoms with Crippen molar-refractivity contribution in [3.63, 3.8) is 0 Å². The standard InChI is InChI=1S/C15H30N2O/c1-12(2)16-8-13(3)9-17-10-14(4,5)18-15(6,7)11-17/h12,16H,3,8-11H2,1-2,4-7H3. The van der Waals surface area contributed by atoms with Crippen LogP contribution in [0, 0.1) is 0 Å². The van der Waals surface area contributed by atoms with Crippen molar-refractivity contribution < 1.29 is 4.74 Å². The van der Waals surface area contributed by atoms with E-state index in [9.17, 15) is 0 Å². The summed E-state index contributed by atoms with van der Waals surface area (Å²) >= 11 is 0. The molecule has 0 atom stereocenters. The average molecular weight is 254 g/mol. The summed E-state index contributed by atoms with van der Waals surface area (Å²) in [7, 11) is 0. The van der Waals surface area contributed by atoms with Crippen molar-refractivity contribution in [2.24, 2.45) is 0 Å². The number of nitrogens with one attached hydrogen (secondary N) is 1. The van der Waals surface area contributed by atoms with Gasteiger partial charge in [0.25, 0.3) is 0 Å². The third-order valence-electron chi connectivity index (χ3n) is 2.97. The molecule has 0 aliphatic carbocycles. The minimum atomic E-state index is -0.0759. The Morgan fingerprint density at radius 2 is 1.72 bits per heavy atom. The second kappa shape index (κ2) is 5.72. The molecule has 3 heteroatoms. The largest absolute Gasteiger partial charge is 0.367 e. The molecule has 0 aromatic heterocycles. The number of nitrogens with zero attached hydrogens (tertiary/aromatic N) is 1. The summed E-state index contributed by atoms with van der Waals surface area (Å²) < 4.78 is 6.08. The zero-order chi connectivity index (χ0) is 14.0. The summed E-state index contributed by atoms with van der Waals surface area (Å²) in [6, 6.07) is 0.513. The van der Waals surface area contributed by atoms with E-state index in [-0.39, 0.29) is 11.2 Å². The molecule has 1 N–H and O–H groups in total. The number of rotatable bonds is 5. The number of hydrogen-bond donors (Lipinski definition) is 1. The Hall–Kier alpha value is -0.380. The van der Waals surface area contributed by atoms with Gasteiger partial charge in [-0.05, 0) is 33.3 Å². The highest BCUT2D eigenvalue weighted by Gasteiger charge is 2.37. The fourth-order valence-corrected chi connectivity index (χ4v) is 2.78. The first kappa shape index (κ1) is 15.7. The molecule has 18 heavy (non-hydrogen) atoms. The predicted molar refractivity (Wildman–Crippen MR) is 78.0 cm³/mol. The van der Waals surface area contributed by atoms with Gasteiger partial charge in [-0.2, -0.15) is 0 Å². The minimum Gasteiger partial charge on any atom is -0.367 e. The molecule has 0 radical (unpaired) electrons. The van der Waals surface area contributed by atoms with E-state index in [0.717, 1.165) is 26.2 Å². The second-order valence-electron chi connectivity index (χ2n) is 7.05. The highest BCUT2D eigenvalue weighted by Crippen LogP contribution is 2.28. The zero-order valence-electron chi connectivity index (χ0n) is 13.0. The van der Waals surface area contributed by atoms with Gasteiger partial charge in [0.05, 0.1) is 11.2 Å². The molecule has 106 valence electrons. The van der Waals surface area contributed by atoms with Crippen LogP contribution in [-0.2, 0) is 4.74 Å². The summed E-state index contributed by atoms with van der Waals surface area (Å²) in [4.78, 5) is 2.45. The fraction of sp³-hybridized carbons (Fsp3) is 0.867. The molecular formula is C15H30N2O. The van der Waals surface area contributed by atoms with Gasteiger partial charge >= 0.3 is 0 Å². The molecule has 1 heterocycles. The van der Waals surface area contributed by atoms with E-state index in [0.29, 0.717) is 6.04 Å². The van der Waals surface area contributed by atoms with Crippen LogP contribution in [0.15, 0.2) is 12.2 Å². The Kier molecular flexibility index (Phi) is 4.98. The molecule has 1 aliphatic heterocycles. The van der Waals surface area contributed by atoms with Gasteiger partial charge in [0.15, 0.2) is 0 Å². The molecule has 1 saturated heterocycles. The lowest BCUT2D eigenvalue weighted by Crippen LogP contribution is -2.57. The van der Waals surface area contributed by atoms with Gasteiger partial charge in [0.1, 0.15) is 0 Å². The van der Waals surface area contributed by atoms with E-state index < -0.39 is 0 Å². The highest BCUT2D eigenvalue weighted by atomic mass is 16.5. The Balaban J connectivity index is 2.49. The number of hydrogen-bond acceptors (Lipinski definition) is 3. The molecule has 0 bridgehead atoms. The lowest BCUT2D eigenvalue weighted by atomic mass is 9.98. The van der Waals surface area contributed by atoms with Crippen LogP contribution in [-0.4, -0.2) is 48.3 Å². The monoisotopic (exact) mass is 254 g/mol. The van der Waals surface area contributed by atoms with E-state index in [4.69, 9.17) is 4.74 Å². The lowest BCUT2D eigenvalue weighted by Gasteiger charge is -2.47. The van der Waals surface area contributed by atoms with Gasteiger partial charge < -0.3 is 10.1 Å². The van der Waals surface area contributed by atoms with Crippen molar-refractivity contribution in [2.75, 3.05) is 26.2 Å². The second-order valence-corrected chi connectivity index (χ2v) is 7.05. The van der Waals surface area contributed by atoms with Crippen LogP contribution in [0.1, 0.15) is 41.5 Å². The Bertz CT molecular complexity index is 279. The van der Waals surface area contributed by atoms with Crippen molar-refractivity contribution >= 4 is 0 Å². The normalized spacial score (nSPS) is 23.3. The summed E-state index contributed by atoms with van der Waals surface area (Å²) in [5.74, 6) is 0. The maximum Gasteiger partial charge on any atom is 0.0760 e. The van der Waals surface area contributed by atoms with Gasteiger partial charge in [0.2, 0.25) is 0 Å². The predicted octanol–water partition coefficient (Wildman–Crippen LogP) is 2.43. The smallest absolute Gasteiger partial charge is 0.0760 e. The summed E-state index contributed by atoms with van der Waals surface area (Å²) in [6.45, 7) is 20.9. The molecule has 0 unspecified atom stereocenters. The van der Waals surface area contributed by atoms with E-state index in [1.54, 1.807) is 0 Å². The van der Waals surface area contributed by atoms with Gasteiger partial charge in [-0.25, -0.2) is 0 Å². The third-order valence-corrected chi connectivity index (χ3v) is 2.97. The van der Waals surface area contributed by atoms with Crippen molar-refractivity contribution in [1.29, 1.82) is 0 Å². The maximum absolute atomic E-state index is 6.08. The van der Waals surface area contributed by atoms with E-state index in [1.807, 2.05) is 0 Å². The Morgan fingerprint density at radius 3 is 2.17 bits per heavy atom. The molecule has 0 aromatic rings. The van der Waals surface area contributed by atoms with Crippen molar-refractivity contribution in [1.82, 2.24) is 10.2 Å². The molecule has 0 aromatic carbocycles. The van der Waals surface area contributed by atoms with Crippen LogP contribution in [0.4, 0.5) is 0 Å². The number of ether oxygens (including phenoxy) is 1. The van der Waals surface area contributed by atoms with E-state index in [2.05, 4.69) is 58.3 Å². The summed E-state index contributed by atoms with van der Waals surface area (Å²) in [6.07, 6.45) is 0. The maximum atomic E-state index is 6.08. The van der Waals surface area contributed by atoms with Gasteiger partial charge in [-0.3, -0.25) is 4.90 Å². The molecule has 3 nitrogen and oxygen atoms in total. The zero-order valence-corrected chi connectivity index (χ0v) is 13.0. The minimum absolute atomic E-state index is 0.0759. The third kappa shape index (κ3) is 5.51.